The number of hydrogen-bond acceptors (Lipinski definition) is 4. The van der Waals surface area contributed by atoms with E-state index in [0.717, 1.165) is 43.4 Å². The van der Waals surface area contributed by atoms with E-state index in [9.17, 15) is 19.2 Å². The fourth-order valence-corrected chi connectivity index (χ4v) is 3.73. The van der Waals surface area contributed by atoms with Crippen LogP contribution in [0, 0.1) is 0 Å². The van der Waals surface area contributed by atoms with Crippen LogP contribution in [0.25, 0.3) is 0 Å². The highest BCUT2D eigenvalue weighted by Gasteiger charge is 2.22. The van der Waals surface area contributed by atoms with E-state index in [1.807, 2.05) is 0 Å². The van der Waals surface area contributed by atoms with Crippen LogP contribution in [-0.4, -0.2) is 46.8 Å². The van der Waals surface area contributed by atoms with E-state index in [4.69, 9.17) is 5.11 Å². The average Bonchev–Trinajstić information content (AvgIpc) is 3.05. The van der Waals surface area contributed by atoms with Crippen molar-refractivity contribution in [2.45, 2.75) is 103 Å². The molecule has 0 aromatic heterocycles. The Labute approximate surface area is 186 Å². The number of amides is 3. The second-order valence-corrected chi connectivity index (χ2v) is 8.35. The van der Waals surface area contributed by atoms with Crippen molar-refractivity contribution in [3.63, 3.8) is 0 Å². The molecular formula is C24H40N2O5. The average molecular weight is 437 g/mol. The lowest BCUT2D eigenvalue weighted by molar-refractivity contribution is -0.138. The first-order valence-corrected chi connectivity index (χ1v) is 12.0. The van der Waals surface area contributed by atoms with Crippen LogP contribution >= 0.6 is 0 Å². The van der Waals surface area contributed by atoms with E-state index >= 15 is 0 Å². The molecular weight excluding hydrogens is 396 g/mol. The van der Waals surface area contributed by atoms with Gasteiger partial charge in [-0.25, -0.2) is 0 Å². The molecule has 1 aliphatic heterocycles. The molecule has 7 nitrogen and oxygen atoms in total. The molecule has 0 unspecified atom stereocenters. The highest BCUT2D eigenvalue weighted by atomic mass is 16.4. The number of carbonyl (C=O) groups excluding carboxylic acids is 3. The van der Waals surface area contributed by atoms with Crippen molar-refractivity contribution in [1.82, 2.24) is 10.2 Å². The third-order valence-corrected chi connectivity index (χ3v) is 5.60. The van der Waals surface area contributed by atoms with Gasteiger partial charge in [-0.05, 0) is 12.8 Å². The van der Waals surface area contributed by atoms with Gasteiger partial charge in [0.15, 0.2) is 0 Å². The van der Waals surface area contributed by atoms with Crippen LogP contribution in [0.1, 0.15) is 103 Å². The fourth-order valence-electron chi connectivity index (χ4n) is 3.73. The first-order valence-electron chi connectivity index (χ1n) is 12.0. The Morgan fingerprint density at radius 1 is 0.677 bits per heavy atom. The van der Waals surface area contributed by atoms with Gasteiger partial charge in [-0.2, -0.15) is 0 Å². The SMILES string of the molecule is O=C(O)CCCCCCCCCCCCCCCCC(=O)NCCN1C(=O)C=CC1=O. The molecule has 7 heteroatoms. The number of nitrogens with zero attached hydrogens (tertiary/aromatic N) is 1. The van der Waals surface area contributed by atoms with Gasteiger partial charge in [0, 0.05) is 38.1 Å². The Morgan fingerprint density at radius 2 is 1.06 bits per heavy atom. The summed E-state index contributed by atoms with van der Waals surface area (Å²) in [6, 6.07) is 0. The third kappa shape index (κ3) is 14.5. The summed E-state index contributed by atoms with van der Waals surface area (Å²) in [5.74, 6) is -1.34. The summed E-state index contributed by atoms with van der Waals surface area (Å²) in [7, 11) is 0. The molecule has 0 spiro atoms. The topological polar surface area (TPSA) is 104 Å². The Bertz CT molecular complexity index is 571. The lowest BCUT2D eigenvalue weighted by atomic mass is 10.0. The normalized spacial score (nSPS) is 13.2. The van der Waals surface area contributed by atoms with Gasteiger partial charge >= 0.3 is 5.97 Å². The van der Waals surface area contributed by atoms with Crippen LogP contribution in [0.2, 0.25) is 0 Å². The Morgan fingerprint density at radius 3 is 1.48 bits per heavy atom. The van der Waals surface area contributed by atoms with E-state index < -0.39 is 5.97 Å². The van der Waals surface area contributed by atoms with Crippen LogP contribution in [0.4, 0.5) is 0 Å². The zero-order chi connectivity index (χ0) is 22.7. The van der Waals surface area contributed by atoms with Crippen molar-refractivity contribution in [2.75, 3.05) is 13.1 Å². The molecule has 2 N–H and O–H groups in total. The summed E-state index contributed by atoms with van der Waals surface area (Å²) in [5, 5.41) is 11.3. The predicted molar refractivity (Wildman–Crippen MR) is 120 cm³/mol. The smallest absolute Gasteiger partial charge is 0.303 e. The number of rotatable bonds is 20. The minimum Gasteiger partial charge on any atom is -0.481 e. The highest BCUT2D eigenvalue weighted by molar-refractivity contribution is 6.12. The molecule has 3 amide bonds. The number of carbonyl (C=O) groups is 4. The number of unbranched alkanes of at least 4 members (excludes halogenated alkanes) is 13. The van der Waals surface area contributed by atoms with Gasteiger partial charge in [-0.15, -0.1) is 0 Å². The molecule has 31 heavy (non-hydrogen) atoms. The molecule has 1 aliphatic rings. The Hall–Kier alpha value is -2.18. The lowest BCUT2D eigenvalue weighted by Crippen LogP contribution is -2.38. The van der Waals surface area contributed by atoms with Crippen LogP contribution < -0.4 is 5.32 Å². The lowest BCUT2D eigenvalue weighted by Gasteiger charge is -2.13. The number of carboxylic acid groups (broad SMARTS) is 1. The van der Waals surface area contributed by atoms with E-state index in [1.165, 1.54) is 63.5 Å². The summed E-state index contributed by atoms with van der Waals surface area (Å²) in [4.78, 5) is 46.1. The summed E-state index contributed by atoms with van der Waals surface area (Å²) in [6.07, 6.45) is 19.5. The van der Waals surface area contributed by atoms with Crippen molar-refractivity contribution in [2.24, 2.45) is 0 Å². The van der Waals surface area contributed by atoms with Crippen molar-refractivity contribution < 1.29 is 24.3 Å². The minimum absolute atomic E-state index is 0.0195. The van der Waals surface area contributed by atoms with Gasteiger partial charge in [0.05, 0.1) is 0 Å². The van der Waals surface area contributed by atoms with E-state index in [2.05, 4.69) is 5.32 Å². The van der Waals surface area contributed by atoms with Gasteiger partial charge < -0.3 is 10.4 Å². The molecule has 0 saturated carbocycles. The van der Waals surface area contributed by atoms with Crippen molar-refractivity contribution in [3.05, 3.63) is 12.2 Å². The predicted octanol–water partition coefficient (Wildman–Crippen LogP) is 4.35. The molecule has 1 rings (SSSR count). The molecule has 1 heterocycles. The summed E-state index contributed by atoms with van der Waals surface area (Å²) in [5.41, 5.74) is 0. The summed E-state index contributed by atoms with van der Waals surface area (Å²) >= 11 is 0. The second kappa shape index (κ2) is 17.5. The molecule has 0 aliphatic carbocycles. The third-order valence-electron chi connectivity index (χ3n) is 5.60. The van der Waals surface area contributed by atoms with Crippen LogP contribution in [0.5, 0.6) is 0 Å². The van der Waals surface area contributed by atoms with Gasteiger partial charge in [0.1, 0.15) is 0 Å². The largest absolute Gasteiger partial charge is 0.481 e. The number of imide groups is 1. The first-order chi connectivity index (χ1) is 15.0. The second-order valence-electron chi connectivity index (χ2n) is 8.35. The van der Waals surface area contributed by atoms with Crippen molar-refractivity contribution >= 4 is 23.7 Å². The summed E-state index contributed by atoms with van der Waals surface area (Å²) < 4.78 is 0. The number of hydrogen-bond donors (Lipinski definition) is 2. The Kier molecular flexibility index (Phi) is 15.2. The van der Waals surface area contributed by atoms with Gasteiger partial charge in [0.2, 0.25) is 5.91 Å². The molecule has 0 radical (unpaired) electrons. The maximum Gasteiger partial charge on any atom is 0.303 e. The van der Waals surface area contributed by atoms with E-state index in [1.54, 1.807) is 0 Å². The van der Waals surface area contributed by atoms with E-state index in [0.29, 0.717) is 19.4 Å². The molecule has 0 aromatic rings. The monoisotopic (exact) mass is 436 g/mol. The Balaban J connectivity index is 1.77. The number of aliphatic carboxylic acids is 1. The summed E-state index contributed by atoms with van der Waals surface area (Å²) in [6.45, 7) is 0.534. The highest BCUT2D eigenvalue weighted by Crippen LogP contribution is 2.13. The standard InChI is InChI=1S/C24H40N2O5/c27-21(25-19-20-26-22(28)17-18-23(26)29)15-13-11-9-7-5-3-1-2-4-6-8-10-12-14-16-24(30)31/h17-18H,1-16,19-20H2,(H,25,27)(H,30,31). The first kappa shape index (κ1) is 26.9. The molecule has 0 atom stereocenters. The van der Waals surface area contributed by atoms with Gasteiger partial charge in [0.25, 0.3) is 11.8 Å². The van der Waals surface area contributed by atoms with Crippen molar-refractivity contribution in [1.29, 1.82) is 0 Å². The van der Waals surface area contributed by atoms with E-state index in [-0.39, 0.29) is 24.3 Å². The number of carboxylic acids is 1. The maximum atomic E-state index is 11.8. The van der Waals surface area contributed by atoms with Gasteiger partial charge in [-0.3, -0.25) is 24.1 Å². The minimum atomic E-state index is -0.689. The van der Waals surface area contributed by atoms with Crippen LogP contribution in [0.3, 0.4) is 0 Å². The molecule has 0 aromatic carbocycles. The molecule has 0 fully saturated rings. The van der Waals surface area contributed by atoms with Gasteiger partial charge in [-0.1, -0.05) is 77.0 Å². The molecule has 0 saturated heterocycles. The van der Waals surface area contributed by atoms with Crippen LogP contribution in [0.15, 0.2) is 12.2 Å². The molecule has 0 bridgehead atoms. The zero-order valence-corrected chi connectivity index (χ0v) is 18.9. The number of nitrogens with one attached hydrogen (secondary N) is 1. The van der Waals surface area contributed by atoms with Crippen molar-refractivity contribution in [3.8, 4) is 0 Å². The zero-order valence-electron chi connectivity index (χ0n) is 18.9. The fraction of sp³-hybridized carbons (Fsp3) is 0.750. The maximum absolute atomic E-state index is 11.8. The van der Waals surface area contributed by atoms with Crippen LogP contribution in [-0.2, 0) is 19.2 Å². The quantitative estimate of drug-likeness (QED) is 0.218. The molecule has 176 valence electrons.